The Hall–Kier alpha value is -2.56. The Bertz CT molecular complexity index is 733. The van der Waals surface area contributed by atoms with Gasteiger partial charge in [-0.05, 0) is 18.9 Å². The van der Waals surface area contributed by atoms with Gasteiger partial charge >= 0.3 is 6.03 Å². The van der Waals surface area contributed by atoms with Gasteiger partial charge in [-0.25, -0.2) is 4.79 Å². The van der Waals surface area contributed by atoms with E-state index >= 15 is 0 Å². The monoisotopic (exact) mass is 310 g/mol. The minimum absolute atomic E-state index is 0.0815. The number of hydrogen-bond acceptors (Lipinski definition) is 2. The van der Waals surface area contributed by atoms with Gasteiger partial charge < -0.3 is 4.90 Å². The van der Waals surface area contributed by atoms with E-state index in [1.807, 2.05) is 55.3 Å². The summed E-state index contributed by atoms with van der Waals surface area (Å²) in [5.74, 6) is 0.737. The first kappa shape index (κ1) is 15.3. The lowest BCUT2D eigenvalue weighted by Gasteiger charge is -2.24. The number of carbonyl (C=O) groups excluding carboxylic acids is 1. The van der Waals surface area contributed by atoms with Crippen LogP contribution in [0.15, 0.2) is 42.5 Å². The molecule has 0 fully saturated rings. The van der Waals surface area contributed by atoms with Crippen LogP contribution in [0.3, 0.4) is 0 Å². The summed E-state index contributed by atoms with van der Waals surface area (Å²) in [4.78, 5) is 14.5. The molecular formula is C18H22N4O. The second-order valence-corrected chi connectivity index (χ2v) is 5.78. The molecule has 0 radical (unpaired) electrons. The third-order valence-corrected chi connectivity index (χ3v) is 4.25. The quantitative estimate of drug-likeness (QED) is 0.881. The molecular weight excluding hydrogens is 288 g/mol. The third-order valence-electron chi connectivity index (χ3n) is 4.25. The Labute approximate surface area is 136 Å². The SMILES string of the molecule is CC[C@@H]1C=CCN1C(=O)Nc1c(-c2ccccc2)c(C)nn1C. The van der Waals surface area contributed by atoms with Crippen molar-refractivity contribution in [2.75, 3.05) is 11.9 Å². The molecule has 0 spiro atoms. The Morgan fingerprint density at radius 2 is 2.09 bits per heavy atom. The molecule has 5 nitrogen and oxygen atoms in total. The molecule has 1 aliphatic rings. The largest absolute Gasteiger partial charge is 0.323 e. The van der Waals surface area contributed by atoms with E-state index in [-0.39, 0.29) is 12.1 Å². The molecule has 1 N–H and O–H groups in total. The fraction of sp³-hybridized carbons (Fsp3) is 0.333. The molecule has 120 valence electrons. The van der Waals surface area contributed by atoms with Crippen molar-refractivity contribution in [2.24, 2.45) is 7.05 Å². The molecule has 0 saturated heterocycles. The first-order valence-corrected chi connectivity index (χ1v) is 7.95. The van der Waals surface area contributed by atoms with Crippen molar-refractivity contribution in [1.29, 1.82) is 0 Å². The number of nitrogens with zero attached hydrogens (tertiary/aromatic N) is 3. The molecule has 2 aromatic rings. The van der Waals surface area contributed by atoms with E-state index in [4.69, 9.17) is 0 Å². The first-order valence-electron chi connectivity index (χ1n) is 7.95. The average Bonchev–Trinajstić information content (AvgIpc) is 3.13. The highest BCUT2D eigenvalue weighted by atomic mass is 16.2. The van der Waals surface area contributed by atoms with Crippen LogP contribution in [-0.2, 0) is 7.05 Å². The number of aromatic nitrogens is 2. The zero-order valence-corrected chi connectivity index (χ0v) is 13.8. The van der Waals surface area contributed by atoms with Crippen LogP contribution < -0.4 is 5.32 Å². The first-order chi connectivity index (χ1) is 11.1. The van der Waals surface area contributed by atoms with Gasteiger partial charge in [0, 0.05) is 19.2 Å². The van der Waals surface area contributed by atoms with Crippen molar-refractivity contribution < 1.29 is 4.79 Å². The maximum Gasteiger partial charge on any atom is 0.323 e. The summed E-state index contributed by atoms with van der Waals surface area (Å²) in [6.45, 7) is 4.70. The van der Waals surface area contributed by atoms with Crippen molar-refractivity contribution in [3.8, 4) is 11.1 Å². The summed E-state index contributed by atoms with van der Waals surface area (Å²) in [5, 5.41) is 7.53. The second kappa shape index (κ2) is 6.28. The lowest BCUT2D eigenvalue weighted by Crippen LogP contribution is -2.39. The number of rotatable bonds is 3. The maximum atomic E-state index is 12.7. The predicted molar refractivity (Wildman–Crippen MR) is 92.3 cm³/mol. The Balaban J connectivity index is 1.90. The van der Waals surface area contributed by atoms with Crippen LogP contribution >= 0.6 is 0 Å². The number of urea groups is 1. The van der Waals surface area contributed by atoms with Gasteiger partial charge in [0.05, 0.1) is 11.7 Å². The van der Waals surface area contributed by atoms with Crippen LogP contribution in [-0.4, -0.2) is 33.3 Å². The van der Waals surface area contributed by atoms with Crippen molar-refractivity contribution in [3.63, 3.8) is 0 Å². The van der Waals surface area contributed by atoms with Gasteiger partial charge in [0.15, 0.2) is 0 Å². The molecule has 5 heteroatoms. The summed E-state index contributed by atoms with van der Waals surface area (Å²) in [6, 6.07) is 10.1. The summed E-state index contributed by atoms with van der Waals surface area (Å²) in [6.07, 6.45) is 5.05. The van der Waals surface area contributed by atoms with E-state index in [1.54, 1.807) is 4.68 Å². The summed E-state index contributed by atoms with van der Waals surface area (Å²) in [5.41, 5.74) is 2.93. The molecule has 0 aliphatic carbocycles. The Morgan fingerprint density at radius 3 is 2.78 bits per heavy atom. The number of hydrogen-bond donors (Lipinski definition) is 1. The molecule has 23 heavy (non-hydrogen) atoms. The fourth-order valence-corrected chi connectivity index (χ4v) is 3.09. The van der Waals surface area contributed by atoms with Gasteiger partial charge in [-0.1, -0.05) is 49.4 Å². The highest BCUT2D eigenvalue weighted by Crippen LogP contribution is 2.31. The summed E-state index contributed by atoms with van der Waals surface area (Å²) >= 11 is 0. The van der Waals surface area contributed by atoms with Crippen molar-refractivity contribution in [2.45, 2.75) is 26.3 Å². The van der Waals surface area contributed by atoms with Crippen molar-refractivity contribution in [1.82, 2.24) is 14.7 Å². The zero-order valence-electron chi connectivity index (χ0n) is 13.8. The van der Waals surface area contributed by atoms with Gasteiger partial charge in [-0.3, -0.25) is 10.00 Å². The molecule has 2 heterocycles. The standard InChI is InChI=1S/C18H22N4O/c1-4-15-11-8-12-22(15)18(23)19-17-16(13(2)20-21(17)3)14-9-6-5-7-10-14/h5-11,15H,4,12H2,1-3H3,(H,19,23)/t15-/m1/s1. The number of nitrogens with one attached hydrogen (secondary N) is 1. The predicted octanol–water partition coefficient (Wildman–Crippen LogP) is 3.58. The van der Waals surface area contributed by atoms with E-state index in [0.717, 1.165) is 29.1 Å². The van der Waals surface area contributed by atoms with Crippen molar-refractivity contribution in [3.05, 3.63) is 48.2 Å². The van der Waals surface area contributed by atoms with Crippen LogP contribution in [0.25, 0.3) is 11.1 Å². The molecule has 1 atom stereocenters. The summed E-state index contributed by atoms with van der Waals surface area (Å²) in [7, 11) is 1.86. The van der Waals surface area contributed by atoms with Gasteiger partial charge in [0.25, 0.3) is 0 Å². The lowest BCUT2D eigenvalue weighted by atomic mass is 10.1. The third kappa shape index (κ3) is 2.86. The minimum Gasteiger partial charge on any atom is -0.314 e. The lowest BCUT2D eigenvalue weighted by molar-refractivity contribution is 0.209. The highest BCUT2D eigenvalue weighted by Gasteiger charge is 2.25. The topological polar surface area (TPSA) is 50.2 Å². The normalized spacial score (nSPS) is 16.8. The molecule has 1 aromatic heterocycles. The van der Waals surface area contributed by atoms with Gasteiger partial charge in [-0.2, -0.15) is 5.10 Å². The molecule has 0 unspecified atom stereocenters. The summed E-state index contributed by atoms with van der Waals surface area (Å²) < 4.78 is 1.74. The van der Waals surface area contributed by atoms with E-state index in [1.165, 1.54) is 0 Å². The van der Waals surface area contributed by atoms with Crippen LogP contribution in [0.5, 0.6) is 0 Å². The second-order valence-electron chi connectivity index (χ2n) is 5.78. The molecule has 1 aromatic carbocycles. The van der Waals surface area contributed by atoms with Crippen LogP contribution in [0, 0.1) is 6.92 Å². The Morgan fingerprint density at radius 1 is 1.35 bits per heavy atom. The highest BCUT2D eigenvalue weighted by molar-refractivity contribution is 5.94. The zero-order chi connectivity index (χ0) is 16.4. The van der Waals surface area contributed by atoms with Crippen LogP contribution in [0.2, 0.25) is 0 Å². The van der Waals surface area contributed by atoms with E-state index in [2.05, 4.69) is 23.4 Å². The number of carbonyl (C=O) groups is 1. The molecule has 3 rings (SSSR count). The number of anilines is 1. The number of benzene rings is 1. The van der Waals surface area contributed by atoms with Crippen LogP contribution in [0.4, 0.5) is 10.6 Å². The van der Waals surface area contributed by atoms with Gasteiger partial charge in [0.2, 0.25) is 0 Å². The van der Waals surface area contributed by atoms with Crippen molar-refractivity contribution >= 4 is 11.8 Å². The number of amides is 2. The van der Waals surface area contributed by atoms with E-state index in [9.17, 15) is 4.79 Å². The molecule has 0 bridgehead atoms. The molecule has 1 aliphatic heterocycles. The minimum atomic E-state index is -0.0815. The maximum absolute atomic E-state index is 12.7. The van der Waals surface area contributed by atoms with Crippen LogP contribution in [0.1, 0.15) is 19.0 Å². The smallest absolute Gasteiger partial charge is 0.314 e. The van der Waals surface area contributed by atoms with E-state index < -0.39 is 0 Å². The Kier molecular flexibility index (Phi) is 4.19. The molecule has 0 saturated carbocycles. The fourth-order valence-electron chi connectivity index (χ4n) is 3.09. The van der Waals surface area contributed by atoms with E-state index in [0.29, 0.717) is 6.54 Å². The average molecular weight is 310 g/mol. The van der Waals surface area contributed by atoms with Gasteiger partial charge in [-0.15, -0.1) is 0 Å². The number of aryl methyl sites for hydroxylation is 2. The van der Waals surface area contributed by atoms with Gasteiger partial charge in [0.1, 0.15) is 5.82 Å². The molecule has 2 amide bonds.